The maximum Gasteiger partial charge on any atom is 0.185 e. The number of aldehydes is 1. The monoisotopic (exact) mass is 168 g/mol. The topological polar surface area (TPSA) is 39.4 Å². The maximum absolute atomic E-state index is 10.2. The fourth-order valence-electron chi connectivity index (χ4n) is 0.909. The van der Waals surface area contributed by atoms with Gasteiger partial charge in [-0.05, 0) is 19.1 Å². The molecular formula is C9H12O3. The van der Waals surface area contributed by atoms with Gasteiger partial charge < -0.3 is 9.15 Å². The molecule has 66 valence electrons. The first-order chi connectivity index (χ1) is 5.86. The molecule has 0 aromatic carbocycles. The van der Waals surface area contributed by atoms with Crippen LogP contribution in [0.15, 0.2) is 16.5 Å². The molecule has 3 heteroatoms. The van der Waals surface area contributed by atoms with Crippen molar-refractivity contribution in [2.24, 2.45) is 0 Å². The fraction of sp³-hybridized carbons (Fsp3) is 0.444. The minimum atomic E-state index is 0.376. The van der Waals surface area contributed by atoms with Gasteiger partial charge in [0, 0.05) is 13.0 Å². The van der Waals surface area contributed by atoms with Crippen LogP contribution >= 0.6 is 0 Å². The molecular weight excluding hydrogens is 156 g/mol. The molecule has 0 atom stereocenters. The molecule has 0 spiro atoms. The van der Waals surface area contributed by atoms with Crippen LogP contribution in [-0.2, 0) is 11.2 Å². The minimum absolute atomic E-state index is 0.376. The van der Waals surface area contributed by atoms with E-state index in [2.05, 4.69) is 0 Å². The minimum Gasteiger partial charge on any atom is -0.458 e. The van der Waals surface area contributed by atoms with Crippen LogP contribution in [0.3, 0.4) is 0 Å². The van der Waals surface area contributed by atoms with Crippen LogP contribution in [0.5, 0.6) is 0 Å². The van der Waals surface area contributed by atoms with Crippen molar-refractivity contribution in [3.8, 4) is 0 Å². The quantitative estimate of drug-likeness (QED) is 0.496. The molecule has 0 radical (unpaired) electrons. The molecule has 0 saturated heterocycles. The Labute approximate surface area is 71.3 Å². The van der Waals surface area contributed by atoms with E-state index in [1.54, 1.807) is 12.1 Å². The van der Waals surface area contributed by atoms with E-state index in [0.29, 0.717) is 25.3 Å². The lowest BCUT2D eigenvalue weighted by atomic mass is 10.3. The van der Waals surface area contributed by atoms with Gasteiger partial charge in [0.2, 0.25) is 0 Å². The van der Waals surface area contributed by atoms with Crippen LogP contribution in [0.4, 0.5) is 0 Å². The second kappa shape index (κ2) is 4.72. The molecule has 0 amide bonds. The second-order valence-corrected chi connectivity index (χ2v) is 2.37. The zero-order chi connectivity index (χ0) is 8.81. The lowest BCUT2D eigenvalue weighted by Gasteiger charge is -1.96. The largest absolute Gasteiger partial charge is 0.458 e. The molecule has 0 N–H and O–H groups in total. The first kappa shape index (κ1) is 9.00. The van der Waals surface area contributed by atoms with Crippen LogP contribution in [0.1, 0.15) is 23.2 Å². The summed E-state index contributed by atoms with van der Waals surface area (Å²) in [5, 5.41) is 0. The highest BCUT2D eigenvalue weighted by Gasteiger charge is 1.99. The number of carbonyl (C=O) groups is 1. The third-order valence-corrected chi connectivity index (χ3v) is 1.50. The molecule has 3 nitrogen and oxygen atoms in total. The van der Waals surface area contributed by atoms with Crippen LogP contribution in [0.2, 0.25) is 0 Å². The summed E-state index contributed by atoms with van der Waals surface area (Å²) in [6, 6.07) is 3.46. The Hall–Kier alpha value is -1.09. The van der Waals surface area contributed by atoms with Gasteiger partial charge in [-0.3, -0.25) is 4.79 Å². The van der Waals surface area contributed by atoms with Crippen LogP contribution < -0.4 is 0 Å². The van der Waals surface area contributed by atoms with Gasteiger partial charge >= 0.3 is 0 Å². The second-order valence-electron chi connectivity index (χ2n) is 2.37. The van der Waals surface area contributed by atoms with Gasteiger partial charge in [-0.2, -0.15) is 0 Å². The van der Waals surface area contributed by atoms with Crippen LogP contribution in [-0.4, -0.2) is 19.5 Å². The van der Waals surface area contributed by atoms with Gasteiger partial charge in [0.15, 0.2) is 12.0 Å². The summed E-state index contributed by atoms with van der Waals surface area (Å²) >= 11 is 0. The van der Waals surface area contributed by atoms with E-state index in [1.807, 2.05) is 6.92 Å². The lowest BCUT2D eigenvalue weighted by Crippen LogP contribution is -1.96. The Kier molecular flexibility index (Phi) is 3.54. The third kappa shape index (κ3) is 2.51. The van der Waals surface area contributed by atoms with Crippen molar-refractivity contribution in [2.45, 2.75) is 13.3 Å². The molecule has 0 fully saturated rings. The molecule has 0 unspecified atom stereocenters. The molecule has 0 saturated carbocycles. The van der Waals surface area contributed by atoms with E-state index in [9.17, 15) is 4.79 Å². The van der Waals surface area contributed by atoms with Gasteiger partial charge in [-0.1, -0.05) is 0 Å². The van der Waals surface area contributed by atoms with E-state index in [0.717, 1.165) is 12.2 Å². The highest BCUT2D eigenvalue weighted by atomic mass is 16.5. The third-order valence-electron chi connectivity index (χ3n) is 1.50. The van der Waals surface area contributed by atoms with Crippen molar-refractivity contribution >= 4 is 6.29 Å². The first-order valence-electron chi connectivity index (χ1n) is 3.98. The standard InChI is InChI=1S/C9H12O3/c1-2-11-6-5-8-3-4-9(7-10)12-8/h3-4,7H,2,5-6H2,1H3. The van der Waals surface area contributed by atoms with Crippen molar-refractivity contribution in [1.82, 2.24) is 0 Å². The Morgan fingerprint density at radius 3 is 3.00 bits per heavy atom. The molecule has 0 aliphatic carbocycles. The van der Waals surface area contributed by atoms with E-state index in [-0.39, 0.29) is 0 Å². The normalized spacial score (nSPS) is 10.1. The predicted octanol–water partition coefficient (Wildman–Crippen LogP) is 1.67. The Bertz CT molecular complexity index is 240. The van der Waals surface area contributed by atoms with Crippen LogP contribution in [0.25, 0.3) is 0 Å². The molecule has 1 aromatic heterocycles. The predicted molar refractivity (Wildman–Crippen MR) is 44.3 cm³/mol. The highest BCUT2D eigenvalue weighted by molar-refractivity contribution is 5.70. The number of ether oxygens (including phenoxy) is 1. The number of hydrogen-bond donors (Lipinski definition) is 0. The molecule has 0 bridgehead atoms. The smallest absolute Gasteiger partial charge is 0.185 e. The van der Waals surface area contributed by atoms with Crippen molar-refractivity contribution in [3.05, 3.63) is 23.7 Å². The summed E-state index contributed by atoms with van der Waals surface area (Å²) in [5.74, 6) is 1.17. The Morgan fingerprint density at radius 1 is 1.58 bits per heavy atom. The van der Waals surface area contributed by atoms with Crippen molar-refractivity contribution in [1.29, 1.82) is 0 Å². The van der Waals surface area contributed by atoms with Crippen molar-refractivity contribution in [2.75, 3.05) is 13.2 Å². The van der Waals surface area contributed by atoms with Gasteiger partial charge in [-0.15, -0.1) is 0 Å². The summed E-state index contributed by atoms with van der Waals surface area (Å²) in [7, 11) is 0. The molecule has 0 aliphatic heterocycles. The molecule has 0 aliphatic rings. The number of rotatable bonds is 5. The van der Waals surface area contributed by atoms with Gasteiger partial charge in [0.25, 0.3) is 0 Å². The average molecular weight is 168 g/mol. The number of furan rings is 1. The van der Waals surface area contributed by atoms with Crippen molar-refractivity contribution in [3.63, 3.8) is 0 Å². The van der Waals surface area contributed by atoms with Crippen molar-refractivity contribution < 1.29 is 13.9 Å². The first-order valence-corrected chi connectivity index (χ1v) is 3.98. The Balaban J connectivity index is 2.36. The molecule has 1 aromatic rings. The van der Waals surface area contributed by atoms with Gasteiger partial charge in [0.05, 0.1) is 6.61 Å². The van der Waals surface area contributed by atoms with E-state index < -0.39 is 0 Å². The summed E-state index contributed by atoms with van der Waals surface area (Å²) in [6.45, 7) is 3.29. The zero-order valence-electron chi connectivity index (χ0n) is 7.08. The van der Waals surface area contributed by atoms with E-state index in [4.69, 9.17) is 9.15 Å². The summed E-state index contributed by atoms with van der Waals surface area (Å²) in [6.07, 6.45) is 1.42. The number of hydrogen-bond acceptors (Lipinski definition) is 3. The average Bonchev–Trinajstić information content (AvgIpc) is 2.53. The van der Waals surface area contributed by atoms with E-state index in [1.165, 1.54) is 0 Å². The molecule has 1 heterocycles. The van der Waals surface area contributed by atoms with Gasteiger partial charge in [-0.25, -0.2) is 0 Å². The summed E-state index contributed by atoms with van der Waals surface area (Å²) in [5.41, 5.74) is 0. The SMILES string of the molecule is CCOCCc1ccc(C=O)o1. The highest BCUT2D eigenvalue weighted by Crippen LogP contribution is 2.06. The van der Waals surface area contributed by atoms with Crippen LogP contribution in [0, 0.1) is 0 Å². The summed E-state index contributed by atoms with van der Waals surface area (Å²) in [4.78, 5) is 10.2. The maximum atomic E-state index is 10.2. The summed E-state index contributed by atoms with van der Waals surface area (Å²) < 4.78 is 10.3. The molecule has 1 rings (SSSR count). The van der Waals surface area contributed by atoms with Gasteiger partial charge in [0.1, 0.15) is 5.76 Å². The molecule has 12 heavy (non-hydrogen) atoms. The lowest BCUT2D eigenvalue weighted by molar-refractivity contribution is 0.109. The van der Waals surface area contributed by atoms with E-state index >= 15 is 0 Å². The fourth-order valence-corrected chi connectivity index (χ4v) is 0.909. The zero-order valence-corrected chi connectivity index (χ0v) is 7.08. The number of carbonyl (C=O) groups excluding carboxylic acids is 1. The Morgan fingerprint density at radius 2 is 2.42 bits per heavy atom.